The van der Waals surface area contributed by atoms with Crippen LogP contribution in [0, 0.1) is 0 Å². The highest BCUT2D eigenvalue weighted by Gasteiger charge is 2.57. The fraction of sp³-hybridized carbons (Fsp3) is 0.946. The molecule has 1 unspecified atom stereocenters. The van der Waals surface area contributed by atoms with E-state index in [1.54, 1.807) is 0 Å². The first kappa shape index (κ1) is 78.0. The molecule has 4 saturated heterocycles. The van der Waals surface area contributed by atoms with Gasteiger partial charge >= 0.3 is 5.97 Å². The fourth-order valence-electron chi connectivity index (χ4n) is 11.2. The third-order valence-electron chi connectivity index (χ3n) is 16.8. The average molecular weight is 1320 g/mol. The Morgan fingerprint density at radius 1 is 0.483 bits per heavy atom. The Morgan fingerprint density at radius 3 is 1.40 bits per heavy atom. The summed E-state index contributed by atoms with van der Waals surface area (Å²) in [7, 11) is -5.68. The molecule has 89 heavy (non-hydrogen) atoms. The number of phosphoric ester groups is 1. The molecule has 1 saturated carbocycles. The Hall–Kier alpha value is -1.72. The van der Waals surface area contributed by atoms with E-state index in [0.29, 0.717) is 6.42 Å². The van der Waals surface area contributed by atoms with Gasteiger partial charge in [-0.15, -0.1) is 0 Å². The number of carbonyl (C=O) groups is 1. The van der Waals surface area contributed by atoms with Gasteiger partial charge in [0, 0.05) is 6.42 Å². The minimum atomic E-state index is -5.68. The molecule has 5 fully saturated rings. The SMILES string of the molecule is C/C=C\CCCCCCCCCCCCCCCCCCCC(=O)OC[C@@H](O)COP(=O)([O-])O[C@@H]1[C@H](O)[C@H](O)[C@@H](O)[C@H](O)[C@H]1O[C@H]1O[C@H](CO)[C@@H](O[C@H]2O[C@H](CO[C@H]3O[C@H](CO)[C@H](O)[C@H](O)[C@H]3O[C@H]3O[C@H](CO)[C@@H](O)[C@H](O)[C@@H]3O)[C@H](O)[C@H](O)[C@H]2O)[C@H](O)[C@H]1[NH3+]. The molecule has 5 aliphatic rings. The standard InChI is InChI=1S/C56H102NO31P/c1-2-3-4-5-6-7-8-9-10-11-12-13-14-15-16-17-18-19-20-21-22-34(62)78-26-29(61)27-80-89(76,77)88-51-46(73)43(70)42(69)45(72)50(51)86-53-35(57)39(66)49(32(25-60)83-53)85-55-48(75)41(68)38(65)33(84-55)28-79-56-52(44(71)37(64)31(24-59)82-56)87-54-47(74)40(67)36(63)30(23-58)81-54/h2-3,29-33,35-56,58-61,63-75H,4-28,57H2,1H3,(H,76,77)/b3-2-/t29-,30-,31-,32-,33-,35-,36-,37+,38+,39-,40+,41+,42-,43-,44+,45+,46-,47+,48-,49-,50-,51-,52-,53-,54-,55-,56+/m1/s1. The van der Waals surface area contributed by atoms with Crippen molar-refractivity contribution in [3.05, 3.63) is 12.2 Å². The molecule has 0 aromatic rings. The van der Waals surface area contributed by atoms with E-state index in [9.17, 15) is 101 Å². The summed E-state index contributed by atoms with van der Waals surface area (Å²) in [5.74, 6) is -0.635. The Morgan fingerprint density at radius 2 is 0.888 bits per heavy atom. The number of hydrogen-bond donors (Lipinski definition) is 18. The molecule has 5 rings (SSSR count). The van der Waals surface area contributed by atoms with Crippen LogP contribution in [0.25, 0.3) is 0 Å². The van der Waals surface area contributed by atoms with Crippen molar-refractivity contribution in [2.24, 2.45) is 0 Å². The van der Waals surface area contributed by atoms with Crippen molar-refractivity contribution in [1.82, 2.24) is 0 Å². The predicted molar refractivity (Wildman–Crippen MR) is 299 cm³/mol. The van der Waals surface area contributed by atoms with Gasteiger partial charge in [0.15, 0.2) is 24.9 Å². The van der Waals surface area contributed by atoms with Crippen molar-refractivity contribution in [1.29, 1.82) is 0 Å². The van der Waals surface area contributed by atoms with E-state index in [-0.39, 0.29) is 6.42 Å². The molecule has 0 aromatic heterocycles. The molecule has 522 valence electrons. The Kier molecular flexibility index (Phi) is 34.5. The van der Waals surface area contributed by atoms with Gasteiger partial charge in [0.1, 0.15) is 141 Å². The highest BCUT2D eigenvalue weighted by atomic mass is 31.2. The van der Waals surface area contributed by atoms with Crippen molar-refractivity contribution in [2.45, 2.75) is 294 Å². The first-order valence-electron chi connectivity index (χ1n) is 31.2. The van der Waals surface area contributed by atoms with Crippen LogP contribution in [-0.2, 0) is 61.0 Å². The van der Waals surface area contributed by atoms with E-state index in [0.717, 1.165) is 25.7 Å². The van der Waals surface area contributed by atoms with E-state index < -0.39 is 219 Å². The van der Waals surface area contributed by atoms with E-state index >= 15 is 0 Å². The van der Waals surface area contributed by atoms with Crippen LogP contribution >= 0.6 is 7.82 Å². The molecule has 4 heterocycles. The van der Waals surface area contributed by atoms with Crippen LogP contribution in [0.2, 0.25) is 0 Å². The van der Waals surface area contributed by atoms with Gasteiger partial charge in [-0.3, -0.25) is 9.36 Å². The van der Waals surface area contributed by atoms with Crippen LogP contribution in [0.1, 0.15) is 129 Å². The smallest absolute Gasteiger partial charge is 0.305 e. The fourth-order valence-corrected chi connectivity index (χ4v) is 12.2. The highest BCUT2D eigenvalue weighted by molar-refractivity contribution is 7.45. The lowest BCUT2D eigenvalue weighted by atomic mass is 9.84. The Bertz CT molecular complexity index is 2040. The number of phosphoric acid groups is 1. The number of hydrogen-bond acceptors (Lipinski definition) is 31. The molecule has 28 atom stereocenters. The molecule has 4 aliphatic heterocycles. The maximum atomic E-state index is 13.2. The summed E-state index contributed by atoms with van der Waals surface area (Å²) in [5, 5.41) is 181. The van der Waals surface area contributed by atoms with Gasteiger partial charge in [0.05, 0.1) is 33.0 Å². The summed E-state index contributed by atoms with van der Waals surface area (Å²) in [5.41, 5.74) is 3.77. The van der Waals surface area contributed by atoms with Crippen molar-refractivity contribution >= 4 is 13.8 Å². The minimum Gasteiger partial charge on any atom is -0.756 e. The van der Waals surface area contributed by atoms with E-state index in [4.69, 9.17) is 51.7 Å². The van der Waals surface area contributed by atoms with Crippen LogP contribution < -0.4 is 10.6 Å². The van der Waals surface area contributed by atoms with Crippen molar-refractivity contribution in [3.63, 3.8) is 0 Å². The van der Waals surface area contributed by atoms with Gasteiger partial charge in [-0.05, 0) is 26.2 Å². The average Bonchev–Trinajstić information content (AvgIpc) is 1.11. The van der Waals surface area contributed by atoms with E-state index in [1.165, 1.54) is 83.5 Å². The number of rotatable bonds is 39. The number of esters is 1. The lowest BCUT2D eigenvalue weighted by Gasteiger charge is -2.48. The molecule has 0 bridgehead atoms. The zero-order chi connectivity index (χ0) is 65.5. The Labute approximate surface area is 517 Å². The molecular weight excluding hydrogens is 1210 g/mol. The predicted octanol–water partition coefficient (Wildman–Crippen LogP) is -5.89. The summed E-state index contributed by atoms with van der Waals surface area (Å²) in [6, 6.07) is -1.61. The molecular formula is C56H102NO31P. The van der Waals surface area contributed by atoms with Crippen molar-refractivity contribution in [3.8, 4) is 0 Å². The monoisotopic (exact) mass is 1320 g/mol. The van der Waals surface area contributed by atoms with E-state index in [2.05, 4.69) is 24.8 Å². The molecule has 33 heteroatoms. The number of aliphatic hydroxyl groups excluding tert-OH is 17. The lowest BCUT2D eigenvalue weighted by Crippen LogP contribution is -2.79. The van der Waals surface area contributed by atoms with Crippen LogP contribution in [0.4, 0.5) is 0 Å². The normalized spacial score (nSPS) is 39.9. The summed E-state index contributed by atoms with van der Waals surface area (Å²) in [6.07, 6.45) is -25.8. The highest BCUT2D eigenvalue weighted by Crippen LogP contribution is 2.44. The lowest BCUT2D eigenvalue weighted by molar-refractivity contribution is -0.511. The van der Waals surface area contributed by atoms with Crippen LogP contribution in [0.3, 0.4) is 0 Å². The molecule has 20 N–H and O–H groups in total. The van der Waals surface area contributed by atoms with E-state index in [1.807, 2.05) is 0 Å². The third kappa shape index (κ3) is 23.0. The van der Waals surface area contributed by atoms with Crippen LogP contribution in [-0.4, -0.2) is 298 Å². The zero-order valence-corrected chi connectivity index (χ0v) is 51.3. The van der Waals surface area contributed by atoms with Crippen LogP contribution in [0.15, 0.2) is 12.2 Å². The van der Waals surface area contributed by atoms with Gasteiger partial charge in [-0.1, -0.05) is 108 Å². The second kappa shape index (κ2) is 39.3. The number of ether oxygens (including phenoxy) is 9. The number of quaternary nitrogens is 1. The molecule has 1 aliphatic carbocycles. The first-order chi connectivity index (χ1) is 42.4. The quantitative estimate of drug-likeness (QED) is 0.0118. The minimum absolute atomic E-state index is 0.0609. The van der Waals surface area contributed by atoms with Gasteiger partial charge in [0.25, 0.3) is 7.82 Å². The molecule has 0 spiro atoms. The summed E-state index contributed by atoms with van der Waals surface area (Å²) in [6.45, 7) is -3.34. The topological polar surface area (TPSA) is 530 Å². The van der Waals surface area contributed by atoms with Crippen molar-refractivity contribution in [2.75, 3.05) is 39.6 Å². The maximum Gasteiger partial charge on any atom is 0.305 e. The second-order valence-electron chi connectivity index (χ2n) is 23.7. The number of unbranched alkanes of at least 4 members (excludes halogenated alkanes) is 17. The van der Waals surface area contributed by atoms with Gasteiger partial charge in [-0.2, -0.15) is 0 Å². The largest absolute Gasteiger partial charge is 0.756 e. The summed E-state index contributed by atoms with van der Waals surface area (Å²) >= 11 is 0. The van der Waals surface area contributed by atoms with Crippen LogP contribution in [0.5, 0.6) is 0 Å². The first-order valence-corrected chi connectivity index (χ1v) is 32.7. The van der Waals surface area contributed by atoms with Crippen molar-refractivity contribution < 1.29 is 158 Å². The molecule has 0 amide bonds. The second-order valence-corrected chi connectivity index (χ2v) is 25.0. The van der Waals surface area contributed by atoms with Gasteiger partial charge in [0.2, 0.25) is 6.29 Å². The molecule has 0 aromatic carbocycles. The summed E-state index contributed by atoms with van der Waals surface area (Å²) in [4.78, 5) is 25.5. The number of allylic oxidation sites excluding steroid dienone is 2. The zero-order valence-electron chi connectivity index (χ0n) is 50.4. The van der Waals surface area contributed by atoms with Gasteiger partial charge < -0.3 is 149 Å². The molecule has 32 nitrogen and oxygen atoms in total. The maximum absolute atomic E-state index is 13.2. The van der Waals surface area contributed by atoms with Gasteiger partial charge in [-0.25, -0.2) is 0 Å². The number of carbonyl (C=O) groups excluding carboxylic acids is 1. The molecule has 0 radical (unpaired) electrons. The summed E-state index contributed by atoms with van der Waals surface area (Å²) < 4.78 is 73.4. The third-order valence-corrected chi connectivity index (χ3v) is 17.7. The number of aliphatic hydroxyl groups is 17. The Balaban J connectivity index is 1.07.